The molecule has 2 heterocycles. The van der Waals surface area contributed by atoms with E-state index in [0.29, 0.717) is 5.69 Å². The number of likely N-dealkylation sites (tertiary alicyclic amines) is 1. The third-order valence-electron chi connectivity index (χ3n) is 4.44. The largest absolute Gasteiger partial charge is 0.337 e. The second-order valence-electron chi connectivity index (χ2n) is 6.05. The Morgan fingerprint density at radius 1 is 1.27 bits per heavy atom. The topological polar surface area (TPSA) is 46.1 Å². The van der Waals surface area contributed by atoms with Gasteiger partial charge in [0.2, 0.25) is 0 Å². The number of piperidine rings is 1. The van der Waals surface area contributed by atoms with Crippen molar-refractivity contribution in [3.05, 3.63) is 47.3 Å². The van der Waals surface area contributed by atoms with E-state index in [1.165, 1.54) is 17.5 Å². The van der Waals surface area contributed by atoms with Crippen molar-refractivity contribution < 1.29 is 4.79 Å². The minimum atomic E-state index is 0.0331. The first kappa shape index (κ1) is 15.2. The van der Waals surface area contributed by atoms with Crippen molar-refractivity contribution in [1.29, 1.82) is 0 Å². The standard InChI is InChI=1S/C17H21N3OS/c1-13-2-4-14(5-3-13)6-7-15-8-10-20(11-9-15)17(21)16-12-18-22-19-16/h2-5,12,15H,6-11H2,1H3. The molecular formula is C17H21N3OS. The van der Waals surface area contributed by atoms with Crippen LogP contribution in [0.15, 0.2) is 30.5 Å². The monoisotopic (exact) mass is 315 g/mol. The zero-order valence-corrected chi connectivity index (χ0v) is 13.7. The second kappa shape index (κ2) is 7.01. The van der Waals surface area contributed by atoms with E-state index in [1.54, 1.807) is 6.20 Å². The van der Waals surface area contributed by atoms with E-state index in [1.807, 2.05) is 4.90 Å². The molecule has 1 saturated heterocycles. The van der Waals surface area contributed by atoms with Gasteiger partial charge in [-0.15, -0.1) is 0 Å². The molecule has 0 aliphatic carbocycles. The van der Waals surface area contributed by atoms with Crippen LogP contribution in [0.3, 0.4) is 0 Å². The summed E-state index contributed by atoms with van der Waals surface area (Å²) in [5, 5.41) is 0. The van der Waals surface area contributed by atoms with E-state index in [0.717, 1.165) is 50.0 Å². The summed E-state index contributed by atoms with van der Waals surface area (Å²) in [5.74, 6) is 0.754. The molecule has 22 heavy (non-hydrogen) atoms. The number of benzene rings is 1. The highest BCUT2D eigenvalue weighted by molar-refractivity contribution is 6.99. The Bertz CT molecular complexity index is 601. The zero-order chi connectivity index (χ0) is 15.4. The number of hydrogen-bond donors (Lipinski definition) is 0. The van der Waals surface area contributed by atoms with Crippen molar-refractivity contribution in [3.63, 3.8) is 0 Å². The van der Waals surface area contributed by atoms with Gasteiger partial charge in [-0.2, -0.15) is 8.75 Å². The van der Waals surface area contributed by atoms with Crippen molar-refractivity contribution >= 4 is 17.6 Å². The van der Waals surface area contributed by atoms with Crippen molar-refractivity contribution in [2.45, 2.75) is 32.6 Å². The average molecular weight is 315 g/mol. The predicted molar refractivity (Wildman–Crippen MR) is 88.0 cm³/mol. The van der Waals surface area contributed by atoms with E-state index >= 15 is 0 Å². The van der Waals surface area contributed by atoms with Crippen LogP contribution in [-0.2, 0) is 6.42 Å². The molecule has 0 bridgehead atoms. The predicted octanol–water partition coefficient (Wildman–Crippen LogP) is 3.33. The van der Waals surface area contributed by atoms with Crippen LogP contribution in [0, 0.1) is 12.8 Å². The van der Waals surface area contributed by atoms with Gasteiger partial charge >= 0.3 is 0 Å². The van der Waals surface area contributed by atoms with Crippen LogP contribution in [0.1, 0.15) is 40.9 Å². The van der Waals surface area contributed by atoms with Crippen molar-refractivity contribution in [3.8, 4) is 0 Å². The molecule has 1 fully saturated rings. The Morgan fingerprint density at radius 3 is 2.64 bits per heavy atom. The molecule has 3 rings (SSSR count). The molecule has 2 aromatic rings. The number of nitrogens with zero attached hydrogens (tertiary/aromatic N) is 3. The fraction of sp³-hybridized carbons (Fsp3) is 0.471. The van der Waals surface area contributed by atoms with E-state index < -0.39 is 0 Å². The highest BCUT2D eigenvalue weighted by Gasteiger charge is 2.24. The molecule has 5 heteroatoms. The molecule has 116 valence electrons. The number of carbonyl (C=O) groups is 1. The zero-order valence-electron chi connectivity index (χ0n) is 12.9. The summed E-state index contributed by atoms with van der Waals surface area (Å²) in [6.45, 7) is 3.80. The van der Waals surface area contributed by atoms with E-state index in [4.69, 9.17) is 0 Å². The first-order chi connectivity index (χ1) is 10.7. The first-order valence-electron chi connectivity index (χ1n) is 7.85. The quantitative estimate of drug-likeness (QED) is 0.869. The third kappa shape index (κ3) is 3.71. The van der Waals surface area contributed by atoms with Crippen LogP contribution < -0.4 is 0 Å². The Labute approximate surface area is 135 Å². The minimum absolute atomic E-state index is 0.0331. The smallest absolute Gasteiger partial charge is 0.275 e. The lowest BCUT2D eigenvalue weighted by Gasteiger charge is -2.31. The summed E-state index contributed by atoms with van der Waals surface area (Å²) in [7, 11) is 0. The van der Waals surface area contributed by atoms with Gasteiger partial charge in [-0.3, -0.25) is 4.79 Å². The molecule has 4 nitrogen and oxygen atoms in total. The van der Waals surface area contributed by atoms with Gasteiger partial charge in [-0.05, 0) is 44.1 Å². The molecule has 1 aromatic carbocycles. The Hall–Kier alpha value is -1.75. The molecule has 0 saturated carbocycles. The van der Waals surface area contributed by atoms with Crippen molar-refractivity contribution in [2.24, 2.45) is 5.92 Å². The summed E-state index contributed by atoms with van der Waals surface area (Å²) < 4.78 is 7.94. The SMILES string of the molecule is Cc1ccc(CCC2CCN(C(=O)c3cnsn3)CC2)cc1. The molecule has 0 radical (unpaired) electrons. The normalized spacial score (nSPS) is 16.0. The van der Waals surface area contributed by atoms with Crippen LogP contribution in [0.5, 0.6) is 0 Å². The maximum absolute atomic E-state index is 12.2. The summed E-state index contributed by atoms with van der Waals surface area (Å²) in [6, 6.07) is 8.81. The van der Waals surface area contributed by atoms with Crippen LogP contribution in [0.2, 0.25) is 0 Å². The lowest BCUT2D eigenvalue weighted by molar-refractivity contribution is 0.0682. The van der Waals surface area contributed by atoms with Gasteiger partial charge in [0, 0.05) is 13.1 Å². The molecule has 0 unspecified atom stereocenters. The van der Waals surface area contributed by atoms with Crippen LogP contribution in [0.4, 0.5) is 0 Å². The molecule has 1 amide bonds. The first-order valence-corrected chi connectivity index (χ1v) is 8.58. The molecule has 0 N–H and O–H groups in total. The van der Waals surface area contributed by atoms with E-state index in [9.17, 15) is 4.79 Å². The van der Waals surface area contributed by atoms with Gasteiger partial charge in [0.1, 0.15) is 0 Å². The molecule has 1 aliphatic heterocycles. The van der Waals surface area contributed by atoms with Crippen LogP contribution in [-0.4, -0.2) is 32.6 Å². The van der Waals surface area contributed by atoms with E-state index in [2.05, 4.69) is 39.9 Å². The Morgan fingerprint density at radius 2 is 2.00 bits per heavy atom. The Balaban J connectivity index is 1.45. The highest BCUT2D eigenvalue weighted by Crippen LogP contribution is 2.23. The summed E-state index contributed by atoms with van der Waals surface area (Å²) in [4.78, 5) is 14.1. The summed E-state index contributed by atoms with van der Waals surface area (Å²) in [6.07, 6.45) is 6.10. The van der Waals surface area contributed by atoms with Crippen LogP contribution >= 0.6 is 11.7 Å². The molecule has 0 atom stereocenters. The van der Waals surface area contributed by atoms with Gasteiger partial charge in [-0.25, -0.2) is 0 Å². The number of amides is 1. The van der Waals surface area contributed by atoms with Gasteiger partial charge in [0.15, 0.2) is 5.69 Å². The Kier molecular flexibility index (Phi) is 4.83. The summed E-state index contributed by atoms with van der Waals surface area (Å²) in [5.41, 5.74) is 3.22. The fourth-order valence-corrected chi connectivity index (χ4v) is 3.38. The van der Waals surface area contributed by atoms with E-state index in [-0.39, 0.29) is 5.91 Å². The second-order valence-corrected chi connectivity index (χ2v) is 6.61. The summed E-state index contributed by atoms with van der Waals surface area (Å²) >= 11 is 1.09. The number of hydrogen-bond acceptors (Lipinski definition) is 4. The average Bonchev–Trinajstić information content (AvgIpc) is 3.09. The lowest BCUT2D eigenvalue weighted by Crippen LogP contribution is -2.38. The van der Waals surface area contributed by atoms with Crippen molar-refractivity contribution in [2.75, 3.05) is 13.1 Å². The molecule has 1 aliphatic rings. The van der Waals surface area contributed by atoms with Gasteiger partial charge < -0.3 is 4.90 Å². The van der Waals surface area contributed by atoms with Gasteiger partial charge in [-0.1, -0.05) is 29.8 Å². The molecular weight excluding hydrogens is 294 g/mol. The molecule has 0 spiro atoms. The minimum Gasteiger partial charge on any atom is -0.337 e. The van der Waals surface area contributed by atoms with Crippen molar-refractivity contribution in [1.82, 2.24) is 13.6 Å². The number of aryl methyl sites for hydroxylation is 2. The molecule has 1 aromatic heterocycles. The van der Waals surface area contributed by atoms with Gasteiger partial charge in [0.05, 0.1) is 17.9 Å². The third-order valence-corrected chi connectivity index (χ3v) is 4.92. The fourth-order valence-electron chi connectivity index (χ4n) is 2.97. The number of carbonyl (C=O) groups excluding carboxylic acids is 1. The maximum Gasteiger partial charge on any atom is 0.275 e. The van der Waals surface area contributed by atoms with Gasteiger partial charge in [0.25, 0.3) is 5.91 Å². The number of rotatable bonds is 4. The highest BCUT2D eigenvalue weighted by atomic mass is 32.1. The maximum atomic E-state index is 12.2. The lowest BCUT2D eigenvalue weighted by atomic mass is 9.90. The number of aromatic nitrogens is 2. The van der Waals surface area contributed by atoms with Crippen LogP contribution in [0.25, 0.3) is 0 Å².